The van der Waals surface area contributed by atoms with Crippen molar-refractivity contribution >= 4 is 28.4 Å². The molecular weight excluding hydrogens is 286 g/mol. The van der Waals surface area contributed by atoms with Gasteiger partial charge in [0, 0.05) is 18.0 Å². The van der Waals surface area contributed by atoms with E-state index in [4.69, 9.17) is 16.2 Å². The molecule has 2 amide bonds. The molecule has 0 aliphatic carbocycles. The predicted octanol–water partition coefficient (Wildman–Crippen LogP) is -0.142. The zero-order valence-corrected chi connectivity index (χ0v) is 11.9. The van der Waals surface area contributed by atoms with Crippen LogP contribution in [0.5, 0.6) is 5.75 Å². The van der Waals surface area contributed by atoms with E-state index in [-0.39, 0.29) is 5.91 Å². The fourth-order valence-electron chi connectivity index (χ4n) is 2.60. The van der Waals surface area contributed by atoms with Crippen molar-refractivity contribution in [1.82, 2.24) is 15.1 Å². The van der Waals surface area contributed by atoms with E-state index in [0.717, 1.165) is 10.9 Å². The maximum Gasteiger partial charge on any atom is 0.235 e. The average molecular weight is 303 g/mol. The first-order chi connectivity index (χ1) is 10.6. The van der Waals surface area contributed by atoms with E-state index < -0.39 is 11.8 Å². The van der Waals surface area contributed by atoms with E-state index in [1.54, 1.807) is 23.2 Å². The predicted molar refractivity (Wildman–Crippen MR) is 79.9 cm³/mol. The first kappa shape index (κ1) is 14.2. The number of rotatable bonds is 5. The zero-order chi connectivity index (χ0) is 15.7. The van der Waals surface area contributed by atoms with Gasteiger partial charge in [-0.3, -0.25) is 14.7 Å². The molecule has 1 atom stereocenters. The smallest absolute Gasteiger partial charge is 0.235 e. The van der Waals surface area contributed by atoms with E-state index in [0.29, 0.717) is 37.6 Å². The van der Waals surface area contributed by atoms with Crippen LogP contribution < -0.4 is 16.2 Å². The second kappa shape index (κ2) is 5.55. The van der Waals surface area contributed by atoms with Crippen molar-refractivity contribution in [3.05, 3.63) is 18.3 Å². The number of aromatic amines is 1. The molecule has 1 aliphatic heterocycles. The van der Waals surface area contributed by atoms with Crippen LogP contribution in [0.2, 0.25) is 0 Å². The number of amides is 2. The summed E-state index contributed by atoms with van der Waals surface area (Å²) in [7, 11) is 0. The molecule has 2 aromatic rings. The van der Waals surface area contributed by atoms with Crippen molar-refractivity contribution < 1.29 is 14.3 Å². The van der Waals surface area contributed by atoms with E-state index in [9.17, 15) is 9.59 Å². The van der Waals surface area contributed by atoms with Gasteiger partial charge in [-0.05, 0) is 12.5 Å². The van der Waals surface area contributed by atoms with Gasteiger partial charge in [-0.2, -0.15) is 5.10 Å². The maximum absolute atomic E-state index is 11.9. The van der Waals surface area contributed by atoms with Crippen LogP contribution in [0, 0.1) is 5.92 Å². The molecule has 1 saturated heterocycles. The molecule has 0 bridgehead atoms. The van der Waals surface area contributed by atoms with E-state index in [2.05, 4.69) is 10.2 Å². The second-order valence-electron chi connectivity index (χ2n) is 5.26. The van der Waals surface area contributed by atoms with Crippen molar-refractivity contribution in [2.75, 3.05) is 25.4 Å². The number of H-pyrrole nitrogens is 1. The van der Waals surface area contributed by atoms with Gasteiger partial charge in [0.2, 0.25) is 11.8 Å². The minimum atomic E-state index is -0.702. The molecule has 1 aromatic carbocycles. The molecule has 1 aromatic heterocycles. The van der Waals surface area contributed by atoms with Gasteiger partial charge in [0.05, 0.1) is 23.9 Å². The average Bonchev–Trinajstić information content (AvgIpc) is 3.06. The number of nitrogen functional groups attached to an aromatic ring is 1. The van der Waals surface area contributed by atoms with Gasteiger partial charge in [0.25, 0.3) is 0 Å². The summed E-state index contributed by atoms with van der Waals surface area (Å²) in [6.07, 6.45) is 2.15. The molecule has 2 heterocycles. The van der Waals surface area contributed by atoms with Crippen molar-refractivity contribution in [3.63, 3.8) is 0 Å². The lowest BCUT2D eigenvalue weighted by Gasteiger charge is -2.17. The summed E-state index contributed by atoms with van der Waals surface area (Å²) < 4.78 is 5.64. The molecule has 1 aliphatic rings. The number of anilines is 1. The fourth-order valence-corrected chi connectivity index (χ4v) is 2.60. The van der Waals surface area contributed by atoms with Gasteiger partial charge in [-0.1, -0.05) is 0 Å². The summed E-state index contributed by atoms with van der Waals surface area (Å²) in [6.45, 7) is 1.20. The number of nitrogens with one attached hydrogen (secondary N) is 1. The molecule has 1 unspecified atom stereocenters. The Hall–Kier alpha value is -2.77. The van der Waals surface area contributed by atoms with E-state index in [1.807, 2.05) is 0 Å². The van der Waals surface area contributed by atoms with Gasteiger partial charge in [0.15, 0.2) is 0 Å². The Morgan fingerprint density at radius 1 is 1.50 bits per heavy atom. The number of aromatic nitrogens is 2. The number of primary amides is 1. The first-order valence-electron chi connectivity index (χ1n) is 7.00. The number of carbonyl (C=O) groups excluding carboxylic acids is 2. The highest BCUT2D eigenvalue weighted by Crippen LogP contribution is 2.27. The second-order valence-corrected chi connectivity index (χ2v) is 5.26. The highest BCUT2D eigenvalue weighted by Gasteiger charge is 2.35. The number of ether oxygens (including phenoxy) is 1. The largest absolute Gasteiger partial charge is 0.490 e. The molecule has 8 heteroatoms. The summed E-state index contributed by atoms with van der Waals surface area (Å²) >= 11 is 0. The van der Waals surface area contributed by atoms with Crippen LogP contribution in [0.15, 0.2) is 18.3 Å². The summed E-state index contributed by atoms with van der Waals surface area (Å²) in [5.41, 5.74) is 12.4. The Balaban J connectivity index is 1.59. The lowest BCUT2D eigenvalue weighted by molar-refractivity contribution is -0.136. The Morgan fingerprint density at radius 2 is 2.32 bits per heavy atom. The van der Waals surface area contributed by atoms with E-state index >= 15 is 0 Å². The molecule has 116 valence electrons. The summed E-state index contributed by atoms with van der Waals surface area (Å²) in [4.78, 5) is 24.6. The number of nitrogens with zero attached hydrogens (tertiary/aromatic N) is 2. The topological polar surface area (TPSA) is 127 Å². The fraction of sp³-hybridized carbons (Fsp3) is 0.357. The molecule has 22 heavy (non-hydrogen) atoms. The number of likely N-dealkylation sites (tertiary alicyclic amines) is 1. The lowest BCUT2D eigenvalue weighted by Crippen LogP contribution is -2.35. The SMILES string of the molecule is NC(=O)C1CCN(CCOc2cc3[nH]ncc3cc2N)C1=O. The summed E-state index contributed by atoms with van der Waals surface area (Å²) in [6, 6.07) is 3.55. The number of benzene rings is 1. The maximum atomic E-state index is 11.9. The van der Waals surface area contributed by atoms with Crippen LogP contribution in [0.3, 0.4) is 0 Å². The molecule has 0 spiro atoms. The molecule has 0 radical (unpaired) electrons. The normalized spacial score (nSPS) is 18.1. The third-order valence-electron chi connectivity index (χ3n) is 3.83. The minimum absolute atomic E-state index is 0.229. The van der Waals surface area contributed by atoms with Crippen LogP contribution in [0.1, 0.15) is 6.42 Å². The van der Waals surface area contributed by atoms with Crippen molar-refractivity contribution in [2.45, 2.75) is 6.42 Å². The van der Waals surface area contributed by atoms with E-state index in [1.165, 1.54) is 0 Å². The first-order valence-corrected chi connectivity index (χ1v) is 7.00. The van der Waals surface area contributed by atoms with Crippen molar-refractivity contribution in [1.29, 1.82) is 0 Å². The highest BCUT2D eigenvalue weighted by molar-refractivity contribution is 6.00. The number of hydrogen-bond donors (Lipinski definition) is 3. The molecule has 8 nitrogen and oxygen atoms in total. The zero-order valence-electron chi connectivity index (χ0n) is 11.9. The Bertz CT molecular complexity index is 726. The highest BCUT2D eigenvalue weighted by atomic mass is 16.5. The van der Waals surface area contributed by atoms with Crippen LogP contribution in [0.25, 0.3) is 10.9 Å². The Morgan fingerprint density at radius 3 is 3.05 bits per heavy atom. The Kier molecular flexibility index (Phi) is 3.58. The van der Waals surface area contributed by atoms with Crippen molar-refractivity contribution in [3.8, 4) is 5.75 Å². The van der Waals surface area contributed by atoms with Crippen LogP contribution in [-0.2, 0) is 9.59 Å². The molecule has 3 rings (SSSR count). The number of fused-ring (bicyclic) bond motifs is 1. The van der Waals surface area contributed by atoms with Gasteiger partial charge in [-0.15, -0.1) is 0 Å². The minimum Gasteiger partial charge on any atom is -0.490 e. The summed E-state index contributed by atoms with van der Waals surface area (Å²) in [5, 5.41) is 7.68. The third-order valence-corrected chi connectivity index (χ3v) is 3.83. The third kappa shape index (κ3) is 2.54. The monoisotopic (exact) mass is 303 g/mol. The number of carbonyl (C=O) groups is 2. The van der Waals surface area contributed by atoms with Crippen LogP contribution >= 0.6 is 0 Å². The van der Waals surface area contributed by atoms with Gasteiger partial charge in [-0.25, -0.2) is 0 Å². The van der Waals surface area contributed by atoms with Crippen molar-refractivity contribution in [2.24, 2.45) is 11.7 Å². The number of hydrogen-bond acceptors (Lipinski definition) is 5. The van der Waals surface area contributed by atoms with Gasteiger partial charge < -0.3 is 21.1 Å². The van der Waals surface area contributed by atoms with Gasteiger partial charge in [0.1, 0.15) is 18.3 Å². The lowest BCUT2D eigenvalue weighted by atomic mass is 10.1. The molecular formula is C14H17N5O3. The van der Waals surface area contributed by atoms with Gasteiger partial charge >= 0.3 is 0 Å². The number of nitrogens with two attached hydrogens (primary N) is 2. The van der Waals surface area contributed by atoms with Crippen LogP contribution in [-0.4, -0.2) is 46.6 Å². The molecule has 1 fully saturated rings. The summed E-state index contributed by atoms with van der Waals surface area (Å²) in [5.74, 6) is -0.961. The Labute approximate surface area is 126 Å². The molecule has 0 saturated carbocycles. The quantitative estimate of drug-likeness (QED) is 0.523. The van der Waals surface area contributed by atoms with Crippen LogP contribution in [0.4, 0.5) is 5.69 Å². The molecule has 5 N–H and O–H groups in total. The standard InChI is InChI=1S/C14H17N5O3/c15-10-5-8-7-17-18-11(8)6-12(10)22-4-3-19-2-1-9(13(16)20)14(19)21/h5-7,9H,1-4,15H2,(H2,16,20)(H,17,18).